The summed E-state index contributed by atoms with van der Waals surface area (Å²) in [6.07, 6.45) is 2.72. The molecule has 0 aliphatic heterocycles. The van der Waals surface area contributed by atoms with Gasteiger partial charge in [0.25, 0.3) is 5.91 Å². The van der Waals surface area contributed by atoms with E-state index in [1.54, 1.807) is 0 Å². The number of nitrogens with one attached hydrogen (secondary N) is 1. The quantitative estimate of drug-likeness (QED) is 0.708. The van der Waals surface area contributed by atoms with Crippen LogP contribution in [-0.2, 0) is 0 Å². The van der Waals surface area contributed by atoms with E-state index in [0.29, 0.717) is 0 Å². The highest BCUT2D eigenvalue weighted by atomic mass is 16.3. The van der Waals surface area contributed by atoms with Crippen LogP contribution < -0.4 is 5.32 Å². The van der Waals surface area contributed by atoms with Gasteiger partial charge in [-0.15, -0.1) is 0 Å². The first-order valence-corrected chi connectivity index (χ1v) is 4.35. The van der Waals surface area contributed by atoms with E-state index in [9.17, 15) is 9.90 Å². The van der Waals surface area contributed by atoms with Crippen molar-refractivity contribution in [2.45, 2.75) is 26.3 Å². The molecule has 76 valence electrons. The predicted molar refractivity (Wildman–Crippen MR) is 53.1 cm³/mol. The molecule has 1 heterocycles. The minimum Gasteiger partial charge on any atom is -0.505 e. The van der Waals surface area contributed by atoms with Gasteiger partial charge in [-0.1, -0.05) is 0 Å². The Morgan fingerprint density at radius 3 is 2.64 bits per heavy atom. The van der Waals surface area contributed by atoms with E-state index in [2.05, 4.69) is 10.3 Å². The van der Waals surface area contributed by atoms with Crippen molar-refractivity contribution in [1.82, 2.24) is 10.3 Å². The Hall–Kier alpha value is -1.58. The number of carbonyl (C=O) groups excluding carboxylic acids is 1. The standard InChI is InChI=1S/C10H14N2O2/c1-10(2,3)12-9(14)7-4-5-11-6-8(7)13/h4-6,13H,1-3H3,(H,12,14). The van der Waals surface area contributed by atoms with E-state index >= 15 is 0 Å². The highest BCUT2D eigenvalue weighted by Crippen LogP contribution is 2.14. The lowest BCUT2D eigenvalue weighted by atomic mass is 10.1. The number of rotatable bonds is 1. The summed E-state index contributed by atoms with van der Waals surface area (Å²) in [7, 11) is 0. The Balaban J connectivity index is 2.86. The zero-order valence-electron chi connectivity index (χ0n) is 8.53. The van der Waals surface area contributed by atoms with Crippen LogP contribution >= 0.6 is 0 Å². The van der Waals surface area contributed by atoms with Gasteiger partial charge in [-0.25, -0.2) is 0 Å². The Morgan fingerprint density at radius 1 is 1.50 bits per heavy atom. The van der Waals surface area contributed by atoms with E-state index < -0.39 is 0 Å². The molecule has 0 aliphatic carbocycles. The number of aromatic nitrogens is 1. The van der Waals surface area contributed by atoms with Crippen LogP contribution in [0.15, 0.2) is 18.5 Å². The molecule has 0 aromatic carbocycles. The number of pyridine rings is 1. The molecule has 4 nitrogen and oxygen atoms in total. The molecule has 4 heteroatoms. The van der Waals surface area contributed by atoms with Crippen LogP contribution in [0.1, 0.15) is 31.1 Å². The summed E-state index contributed by atoms with van der Waals surface area (Å²) in [4.78, 5) is 15.3. The molecular formula is C10H14N2O2. The van der Waals surface area contributed by atoms with Crippen molar-refractivity contribution in [2.75, 3.05) is 0 Å². The minimum atomic E-state index is -0.313. The maximum absolute atomic E-state index is 11.6. The summed E-state index contributed by atoms with van der Waals surface area (Å²) in [6.45, 7) is 5.63. The van der Waals surface area contributed by atoms with E-state index in [-0.39, 0.29) is 22.8 Å². The monoisotopic (exact) mass is 194 g/mol. The molecule has 2 N–H and O–H groups in total. The Labute approximate surface area is 83.0 Å². The van der Waals surface area contributed by atoms with Crippen LogP contribution in [0.2, 0.25) is 0 Å². The number of nitrogens with zero attached hydrogens (tertiary/aromatic N) is 1. The number of aromatic hydroxyl groups is 1. The maximum Gasteiger partial charge on any atom is 0.255 e. The van der Waals surface area contributed by atoms with E-state index in [4.69, 9.17) is 0 Å². The second-order valence-electron chi connectivity index (χ2n) is 4.10. The van der Waals surface area contributed by atoms with Gasteiger partial charge in [-0.05, 0) is 26.8 Å². The average Bonchev–Trinajstić information content (AvgIpc) is 2.01. The summed E-state index contributed by atoms with van der Waals surface area (Å²) in [5, 5.41) is 12.1. The lowest BCUT2D eigenvalue weighted by molar-refractivity contribution is 0.0916. The van der Waals surface area contributed by atoms with Crippen LogP contribution in [0.25, 0.3) is 0 Å². The molecule has 0 fully saturated rings. The fourth-order valence-electron chi connectivity index (χ4n) is 0.986. The van der Waals surface area contributed by atoms with Gasteiger partial charge in [0.2, 0.25) is 0 Å². The van der Waals surface area contributed by atoms with Crippen LogP contribution in [-0.4, -0.2) is 21.5 Å². The third-order valence-electron chi connectivity index (χ3n) is 1.53. The van der Waals surface area contributed by atoms with E-state index in [0.717, 1.165) is 0 Å². The summed E-state index contributed by atoms with van der Waals surface area (Å²) in [6, 6.07) is 1.48. The van der Waals surface area contributed by atoms with Crippen molar-refractivity contribution in [3.8, 4) is 5.75 Å². The summed E-state index contributed by atoms with van der Waals surface area (Å²) in [5.41, 5.74) is -0.0674. The lowest BCUT2D eigenvalue weighted by Crippen LogP contribution is -2.40. The summed E-state index contributed by atoms with van der Waals surface area (Å²) < 4.78 is 0. The van der Waals surface area contributed by atoms with Crippen molar-refractivity contribution >= 4 is 5.91 Å². The molecule has 1 aromatic heterocycles. The first kappa shape index (κ1) is 10.5. The van der Waals surface area contributed by atoms with Crippen molar-refractivity contribution < 1.29 is 9.90 Å². The van der Waals surface area contributed by atoms with Gasteiger partial charge in [-0.2, -0.15) is 0 Å². The molecule has 1 rings (SSSR count). The molecule has 14 heavy (non-hydrogen) atoms. The highest BCUT2D eigenvalue weighted by molar-refractivity contribution is 5.96. The van der Waals surface area contributed by atoms with Crippen LogP contribution in [0.3, 0.4) is 0 Å². The van der Waals surface area contributed by atoms with Gasteiger partial charge in [-0.3, -0.25) is 9.78 Å². The largest absolute Gasteiger partial charge is 0.505 e. The first-order chi connectivity index (χ1) is 6.40. The average molecular weight is 194 g/mol. The Bertz CT molecular complexity index is 342. The van der Waals surface area contributed by atoms with Crippen molar-refractivity contribution in [3.05, 3.63) is 24.0 Å². The van der Waals surface area contributed by atoms with Crippen LogP contribution in [0.5, 0.6) is 5.75 Å². The minimum absolute atomic E-state index is 0.103. The Morgan fingerprint density at radius 2 is 2.14 bits per heavy atom. The molecule has 0 unspecified atom stereocenters. The third-order valence-corrected chi connectivity index (χ3v) is 1.53. The van der Waals surface area contributed by atoms with Gasteiger partial charge in [0.15, 0.2) is 0 Å². The van der Waals surface area contributed by atoms with Gasteiger partial charge >= 0.3 is 0 Å². The molecule has 1 amide bonds. The fourth-order valence-corrected chi connectivity index (χ4v) is 0.986. The van der Waals surface area contributed by atoms with Crippen LogP contribution in [0.4, 0.5) is 0 Å². The SMILES string of the molecule is CC(C)(C)NC(=O)c1ccncc1O. The molecular weight excluding hydrogens is 180 g/mol. The second-order valence-corrected chi connectivity index (χ2v) is 4.10. The molecule has 0 aliphatic rings. The fraction of sp³-hybridized carbons (Fsp3) is 0.400. The first-order valence-electron chi connectivity index (χ1n) is 4.35. The van der Waals surface area contributed by atoms with E-state index in [1.807, 2.05) is 20.8 Å². The number of hydrogen-bond acceptors (Lipinski definition) is 3. The van der Waals surface area contributed by atoms with Crippen LogP contribution in [0, 0.1) is 0 Å². The van der Waals surface area contributed by atoms with Gasteiger partial charge < -0.3 is 10.4 Å². The molecule has 0 spiro atoms. The Kier molecular flexibility index (Phi) is 2.74. The lowest BCUT2D eigenvalue weighted by Gasteiger charge is -2.20. The van der Waals surface area contributed by atoms with E-state index in [1.165, 1.54) is 18.5 Å². The zero-order chi connectivity index (χ0) is 10.8. The van der Waals surface area contributed by atoms with Crippen molar-refractivity contribution in [1.29, 1.82) is 0 Å². The van der Waals surface area contributed by atoms with Gasteiger partial charge in [0.05, 0.1) is 11.8 Å². The normalized spacial score (nSPS) is 11.1. The van der Waals surface area contributed by atoms with Gasteiger partial charge in [0, 0.05) is 11.7 Å². The highest BCUT2D eigenvalue weighted by Gasteiger charge is 2.17. The summed E-state index contributed by atoms with van der Waals surface area (Å²) >= 11 is 0. The van der Waals surface area contributed by atoms with Crippen molar-refractivity contribution in [2.24, 2.45) is 0 Å². The maximum atomic E-state index is 11.6. The zero-order valence-corrected chi connectivity index (χ0v) is 8.53. The van der Waals surface area contributed by atoms with Crippen molar-refractivity contribution in [3.63, 3.8) is 0 Å². The molecule has 0 saturated carbocycles. The summed E-state index contributed by atoms with van der Waals surface area (Å²) in [5.74, 6) is -0.397. The number of amides is 1. The topological polar surface area (TPSA) is 62.2 Å². The smallest absolute Gasteiger partial charge is 0.255 e. The second kappa shape index (κ2) is 3.65. The molecule has 0 radical (unpaired) electrons. The van der Waals surface area contributed by atoms with Gasteiger partial charge in [0.1, 0.15) is 5.75 Å². The molecule has 0 saturated heterocycles. The molecule has 1 aromatic rings. The molecule has 0 atom stereocenters. The number of carbonyl (C=O) groups is 1. The number of hydrogen-bond donors (Lipinski definition) is 2. The third kappa shape index (κ3) is 2.73. The predicted octanol–water partition coefficient (Wildman–Crippen LogP) is 1.32. The molecule has 0 bridgehead atoms.